The Morgan fingerprint density at radius 1 is 1.15 bits per heavy atom. The van der Waals surface area contributed by atoms with Crippen LogP contribution in [-0.4, -0.2) is 39.4 Å². The van der Waals surface area contributed by atoms with Crippen LogP contribution in [0.3, 0.4) is 0 Å². The molecular formula is C18H18N4O3S. The first kappa shape index (κ1) is 16.8. The fourth-order valence-corrected chi connectivity index (χ4v) is 4.28. The lowest BCUT2D eigenvalue weighted by atomic mass is 9.78. The first-order valence-corrected chi connectivity index (χ1v) is 9.55. The number of amides is 3. The minimum Gasteiger partial charge on any atom is -0.300 e. The zero-order valence-electron chi connectivity index (χ0n) is 14.1. The molecule has 8 heteroatoms. The van der Waals surface area contributed by atoms with Crippen molar-refractivity contribution < 1.29 is 14.4 Å². The summed E-state index contributed by atoms with van der Waals surface area (Å²) in [6.07, 6.45) is 3.53. The summed E-state index contributed by atoms with van der Waals surface area (Å²) < 4.78 is 0. The minimum absolute atomic E-state index is 0.0427. The summed E-state index contributed by atoms with van der Waals surface area (Å²) >= 11 is 1.27. The standard InChI is InChI=1S/C18H18N4O3S/c23-15(20-18-21-19-10-26-18)12-6-2-1-5-11(12)9-22-16(24)13-7-3-4-8-14(13)17(22)25/h3-4,7-8,10-12H,1-2,5-6,9H2,(H,20,21,23). The summed E-state index contributed by atoms with van der Waals surface area (Å²) in [6, 6.07) is 6.87. The number of benzene rings is 1. The van der Waals surface area contributed by atoms with Crippen molar-refractivity contribution in [3.8, 4) is 0 Å². The first-order valence-electron chi connectivity index (χ1n) is 8.67. The Hall–Kier alpha value is -2.61. The van der Waals surface area contributed by atoms with Crippen molar-refractivity contribution in [1.82, 2.24) is 15.1 Å². The molecule has 1 aliphatic carbocycles. The second-order valence-electron chi connectivity index (χ2n) is 6.65. The van der Waals surface area contributed by atoms with Gasteiger partial charge in [0.05, 0.1) is 11.1 Å². The Bertz CT molecular complexity index is 817. The van der Waals surface area contributed by atoms with E-state index < -0.39 is 0 Å². The number of aromatic nitrogens is 2. The van der Waals surface area contributed by atoms with Crippen molar-refractivity contribution in [2.45, 2.75) is 25.7 Å². The fourth-order valence-electron chi connectivity index (χ4n) is 3.84. The normalized spacial score (nSPS) is 22.4. The zero-order chi connectivity index (χ0) is 18.1. The molecule has 1 aromatic carbocycles. The van der Waals surface area contributed by atoms with Gasteiger partial charge in [0.25, 0.3) is 11.8 Å². The van der Waals surface area contributed by atoms with Crippen LogP contribution in [0, 0.1) is 11.8 Å². The van der Waals surface area contributed by atoms with E-state index in [0.29, 0.717) is 16.3 Å². The summed E-state index contributed by atoms with van der Waals surface area (Å²) in [6.45, 7) is 0.278. The van der Waals surface area contributed by atoms with Crippen LogP contribution in [0.1, 0.15) is 46.4 Å². The minimum atomic E-state index is -0.264. The topological polar surface area (TPSA) is 92.3 Å². The van der Waals surface area contributed by atoms with E-state index in [0.717, 1.165) is 25.7 Å². The van der Waals surface area contributed by atoms with E-state index in [1.54, 1.807) is 29.8 Å². The molecule has 2 unspecified atom stereocenters. The van der Waals surface area contributed by atoms with Crippen molar-refractivity contribution >= 4 is 34.2 Å². The van der Waals surface area contributed by atoms with Crippen LogP contribution < -0.4 is 5.32 Å². The van der Waals surface area contributed by atoms with Gasteiger partial charge in [-0.05, 0) is 30.9 Å². The molecule has 0 bridgehead atoms. The average molecular weight is 370 g/mol. The van der Waals surface area contributed by atoms with Gasteiger partial charge in [-0.3, -0.25) is 19.3 Å². The summed E-state index contributed by atoms with van der Waals surface area (Å²) in [5.74, 6) is -0.919. The summed E-state index contributed by atoms with van der Waals surface area (Å²) in [7, 11) is 0. The van der Waals surface area contributed by atoms with Crippen molar-refractivity contribution in [3.05, 3.63) is 40.9 Å². The molecule has 1 saturated carbocycles. The molecule has 1 aromatic heterocycles. The van der Waals surface area contributed by atoms with Crippen LogP contribution in [0.15, 0.2) is 29.8 Å². The number of nitrogens with zero attached hydrogens (tertiary/aromatic N) is 3. The van der Waals surface area contributed by atoms with Crippen molar-refractivity contribution in [1.29, 1.82) is 0 Å². The number of rotatable bonds is 4. The molecule has 0 radical (unpaired) electrons. The smallest absolute Gasteiger partial charge is 0.261 e. The van der Waals surface area contributed by atoms with Crippen LogP contribution >= 0.6 is 11.3 Å². The van der Waals surface area contributed by atoms with Crippen LogP contribution in [0.4, 0.5) is 5.13 Å². The zero-order valence-corrected chi connectivity index (χ0v) is 14.9. The Balaban J connectivity index is 1.50. The molecule has 2 aromatic rings. The van der Waals surface area contributed by atoms with Crippen molar-refractivity contribution in [3.63, 3.8) is 0 Å². The van der Waals surface area contributed by atoms with Crippen LogP contribution in [0.25, 0.3) is 0 Å². The van der Waals surface area contributed by atoms with E-state index in [1.165, 1.54) is 16.2 Å². The molecule has 0 saturated heterocycles. The maximum atomic E-state index is 12.7. The molecule has 1 fully saturated rings. The quantitative estimate of drug-likeness (QED) is 0.835. The van der Waals surface area contributed by atoms with Gasteiger partial charge in [0.2, 0.25) is 11.0 Å². The second-order valence-corrected chi connectivity index (χ2v) is 7.48. The van der Waals surface area contributed by atoms with Gasteiger partial charge in [0.1, 0.15) is 5.51 Å². The van der Waals surface area contributed by atoms with E-state index in [-0.39, 0.29) is 36.1 Å². The van der Waals surface area contributed by atoms with Gasteiger partial charge in [0.15, 0.2) is 0 Å². The number of imide groups is 1. The van der Waals surface area contributed by atoms with Crippen LogP contribution in [-0.2, 0) is 4.79 Å². The van der Waals surface area contributed by atoms with Gasteiger partial charge < -0.3 is 5.32 Å². The second kappa shape index (κ2) is 6.95. The number of fused-ring (bicyclic) bond motifs is 1. The third-order valence-corrected chi connectivity index (χ3v) is 5.74. The van der Waals surface area contributed by atoms with E-state index >= 15 is 0 Å². The Labute approximate surface area is 154 Å². The molecule has 1 aliphatic heterocycles. The predicted molar refractivity (Wildman–Crippen MR) is 95.8 cm³/mol. The molecule has 2 atom stereocenters. The summed E-state index contributed by atoms with van der Waals surface area (Å²) in [5.41, 5.74) is 2.46. The lowest BCUT2D eigenvalue weighted by Crippen LogP contribution is -2.41. The molecule has 1 N–H and O–H groups in total. The first-order chi connectivity index (χ1) is 12.6. The van der Waals surface area contributed by atoms with Crippen LogP contribution in [0.5, 0.6) is 0 Å². The van der Waals surface area contributed by atoms with E-state index in [1.807, 2.05) is 0 Å². The molecule has 26 heavy (non-hydrogen) atoms. The molecule has 2 aliphatic rings. The van der Waals surface area contributed by atoms with Gasteiger partial charge in [-0.25, -0.2) is 0 Å². The summed E-state index contributed by atoms with van der Waals surface area (Å²) in [5, 5.41) is 10.8. The monoisotopic (exact) mass is 370 g/mol. The van der Waals surface area contributed by atoms with Crippen molar-refractivity contribution in [2.24, 2.45) is 11.8 Å². The molecule has 134 valence electrons. The number of hydrogen-bond acceptors (Lipinski definition) is 6. The molecule has 0 spiro atoms. The van der Waals surface area contributed by atoms with Gasteiger partial charge in [0, 0.05) is 12.5 Å². The van der Waals surface area contributed by atoms with Gasteiger partial charge in [-0.1, -0.05) is 36.3 Å². The van der Waals surface area contributed by atoms with Gasteiger partial charge in [-0.15, -0.1) is 10.2 Å². The third kappa shape index (κ3) is 3.01. The van der Waals surface area contributed by atoms with Gasteiger partial charge in [-0.2, -0.15) is 0 Å². The highest BCUT2D eigenvalue weighted by atomic mass is 32.1. The number of carbonyl (C=O) groups excluding carboxylic acids is 3. The number of anilines is 1. The Morgan fingerprint density at radius 3 is 2.50 bits per heavy atom. The lowest BCUT2D eigenvalue weighted by Gasteiger charge is -2.32. The molecular weight excluding hydrogens is 352 g/mol. The SMILES string of the molecule is O=C(Nc1nncs1)C1CCCCC1CN1C(=O)c2ccccc2C1=O. The number of nitrogens with one attached hydrogen (secondary N) is 1. The Morgan fingerprint density at radius 2 is 1.85 bits per heavy atom. The highest BCUT2D eigenvalue weighted by Crippen LogP contribution is 2.34. The largest absolute Gasteiger partial charge is 0.300 e. The third-order valence-electron chi connectivity index (χ3n) is 5.13. The molecule has 2 heterocycles. The van der Waals surface area contributed by atoms with Gasteiger partial charge >= 0.3 is 0 Å². The average Bonchev–Trinajstić information content (AvgIpc) is 3.25. The molecule has 3 amide bonds. The molecule has 4 rings (SSSR count). The maximum Gasteiger partial charge on any atom is 0.261 e. The Kier molecular flexibility index (Phi) is 4.50. The predicted octanol–water partition coefficient (Wildman–Crippen LogP) is 2.58. The molecule has 7 nitrogen and oxygen atoms in total. The van der Waals surface area contributed by atoms with E-state index in [4.69, 9.17) is 0 Å². The van der Waals surface area contributed by atoms with Crippen molar-refractivity contribution in [2.75, 3.05) is 11.9 Å². The number of hydrogen-bond donors (Lipinski definition) is 1. The highest BCUT2D eigenvalue weighted by molar-refractivity contribution is 7.13. The summed E-state index contributed by atoms with van der Waals surface area (Å²) in [4.78, 5) is 39.2. The lowest BCUT2D eigenvalue weighted by molar-refractivity contribution is -0.122. The highest BCUT2D eigenvalue weighted by Gasteiger charge is 2.40. The van der Waals surface area contributed by atoms with Crippen LogP contribution in [0.2, 0.25) is 0 Å². The van der Waals surface area contributed by atoms with E-state index in [2.05, 4.69) is 15.5 Å². The fraction of sp³-hybridized carbons (Fsp3) is 0.389. The maximum absolute atomic E-state index is 12.7. The van der Waals surface area contributed by atoms with E-state index in [9.17, 15) is 14.4 Å². The number of carbonyl (C=O) groups is 3.